The van der Waals surface area contributed by atoms with Gasteiger partial charge in [0.25, 0.3) is 10.0 Å². The van der Waals surface area contributed by atoms with Crippen molar-refractivity contribution in [3.63, 3.8) is 0 Å². The molecule has 9 heteroatoms. The third-order valence-electron chi connectivity index (χ3n) is 8.10. The van der Waals surface area contributed by atoms with Gasteiger partial charge in [0.1, 0.15) is 18.3 Å². The number of hydrogen-bond acceptors (Lipinski definition) is 5. The van der Waals surface area contributed by atoms with E-state index in [-0.39, 0.29) is 23.4 Å². The van der Waals surface area contributed by atoms with Crippen LogP contribution in [0.3, 0.4) is 0 Å². The van der Waals surface area contributed by atoms with Gasteiger partial charge in [0, 0.05) is 12.6 Å². The molecular formula is C34H43N3O5S. The second-order valence-corrected chi connectivity index (χ2v) is 13.0. The SMILES string of the molecule is CCc1ccccc1N(CC(=O)N(Cc1cccc(OC)c1)C(CC)C(=O)NC1CCCC1)S(=O)(=O)c1ccc(C)cc1. The molecule has 1 saturated carbocycles. The van der Waals surface area contributed by atoms with Crippen molar-refractivity contribution in [2.45, 2.75) is 82.8 Å². The van der Waals surface area contributed by atoms with Gasteiger partial charge < -0.3 is 15.0 Å². The number of sulfonamides is 1. The van der Waals surface area contributed by atoms with E-state index in [0.717, 1.165) is 42.4 Å². The van der Waals surface area contributed by atoms with Crippen LogP contribution in [0.1, 0.15) is 62.6 Å². The number of ether oxygens (including phenoxy) is 1. The summed E-state index contributed by atoms with van der Waals surface area (Å²) in [6, 6.07) is 20.5. The molecule has 0 saturated heterocycles. The predicted octanol–water partition coefficient (Wildman–Crippen LogP) is 5.63. The van der Waals surface area contributed by atoms with Crippen LogP contribution in [0.15, 0.2) is 77.7 Å². The fourth-order valence-corrected chi connectivity index (χ4v) is 7.11. The fourth-order valence-electron chi connectivity index (χ4n) is 5.66. The molecule has 4 rings (SSSR count). The average Bonchev–Trinajstić information content (AvgIpc) is 3.53. The Morgan fingerprint density at radius 1 is 0.977 bits per heavy atom. The van der Waals surface area contributed by atoms with E-state index in [2.05, 4.69) is 5.32 Å². The maximum absolute atomic E-state index is 14.4. The fraction of sp³-hybridized carbons (Fsp3) is 0.412. The molecule has 1 fully saturated rings. The van der Waals surface area contributed by atoms with E-state index in [1.807, 2.05) is 57.2 Å². The van der Waals surface area contributed by atoms with E-state index in [1.165, 1.54) is 9.21 Å². The average molecular weight is 606 g/mol. The number of nitrogens with one attached hydrogen (secondary N) is 1. The molecule has 3 aromatic rings. The Hall–Kier alpha value is -3.85. The number of carbonyl (C=O) groups excluding carboxylic acids is 2. The molecule has 0 heterocycles. The van der Waals surface area contributed by atoms with Crippen LogP contribution >= 0.6 is 0 Å². The van der Waals surface area contributed by atoms with Crippen LogP contribution in [-0.4, -0.2) is 50.9 Å². The Balaban J connectivity index is 1.75. The highest BCUT2D eigenvalue weighted by molar-refractivity contribution is 7.92. The first-order valence-electron chi connectivity index (χ1n) is 15.1. The lowest BCUT2D eigenvalue weighted by Crippen LogP contribution is -2.53. The summed E-state index contributed by atoms with van der Waals surface area (Å²) >= 11 is 0. The first kappa shape index (κ1) is 32.1. The summed E-state index contributed by atoms with van der Waals surface area (Å²) in [6.07, 6.45) is 4.93. The number of anilines is 1. The van der Waals surface area contributed by atoms with Crippen molar-refractivity contribution in [2.75, 3.05) is 18.0 Å². The number of para-hydroxylation sites is 1. The van der Waals surface area contributed by atoms with Crippen LogP contribution < -0.4 is 14.4 Å². The zero-order valence-corrected chi connectivity index (χ0v) is 26.4. The Kier molecular flexibility index (Phi) is 10.9. The largest absolute Gasteiger partial charge is 0.497 e. The monoisotopic (exact) mass is 605 g/mol. The molecule has 0 aromatic heterocycles. The molecule has 230 valence electrons. The number of methoxy groups -OCH3 is 1. The van der Waals surface area contributed by atoms with E-state index in [0.29, 0.717) is 24.3 Å². The summed E-state index contributed by atoms with van der Waals surface area (Å²) in [4.78, 5) is 29.6. The van der Waals surface area contributed by atoms with E-state index in [4.69, 9.17) is 4.74 Å². The summed E-state index contributed by atoms with van der Waals surface area (Å²) in [7, 11) is -2.55. The third kappa shape index (κ3) is 7.76. The van der Waals surface area contributed by atoms with Crippen molar-refractivity contribution in [1.82, 2.24) is 10.2 Å². The molecule has 2 amide bonds. The molecule has 1 aliphatic rings. The minimum atomic E-state index is -4.12. The summed E-state index contributed by atoms with van der Waals surface area (Å²) in [5.74, 6) is -0.0424. The van der Waals surface area contributed by atoms with Crippen LogP contribution in [0.25, 0.3) is 0 Å². The summed E-state index contributed by atoms with van der Waals surface area (Å²) in [5.41, 5.74) is 2.96. The lowest BCUT2D eigenvalue weighted by Gasteiger charge is -2.34. The van der Waals surface area contributed by atoms with Gasteiger partial charge in [-0.3, -0.25) is 13.9 Å². The van der Waals surface area contributed by atoms with Crippen LogP contribution in [0.4, 0.5) is 5.69 Å². The number of carbonyl (C=O) groups is 2. The molecule has 0 bridgehead atoms. The molecule has 1 aliphatic carbocycles. The van der Waals surface area contributed by atoms with Crippen LogP contribution in [0.5, 0.6) is 5.75 Å². The van der Waals surface area contributed by atoms with Gasteiger partial charge in [-0.1, -0.05) is 74.7 Å². The van der Waals surface area contributed by atoms with Gasteiger partial charge in [-0.2, -0.15) is 0 Å². The molecule has 43 heavy (non-hydrogen) atoms. The molecule has 0 radical (unpaired) electrons. The molecule has 0 aliphatic heterocycles. The highest BCUT2D eigenvalue weighted by atomic mass is 32.2. The summed E-state index contributed by atoms with van der Waals surface area (Å²) in [5, 5.41) is 3.15. The Morgan fingerprint density at radius 3 is 2.33 bits per heavy atom. The molecule has 1 N–H and O–H groups in total. The Bertz CT molecular complexity index is 1500. The van der Waals surface area contributed by atoms with Gasteiger partial charge in [0.2, 0.25) is 11.8 Å². The number of amides is 2. The van der Waals surface area contributed by atoms with E-state index in [1.54, 1.807) is 43.5 Å². The van der Waals surface area contributed by atoms with E-state index < -0.39 is 28.5 Å². The topological polar surface area (TPSA) is 96.0 Å². The maximum atomic E-state index is 14.4. The first-order chi connectivity index (χ1) is 20.7. The smallest absolute Gasteiger partial charge is 0.264 e. The lowest BCUT2D eigenvalue weighted by atomic mass is 10.1. The quantitative estimate of drug-likeness (QED) is 0.273. The molecule has 0 spiro atoms. The molecule has 1 unspecified atom stereocenters. The minimum absolute atomic E-state index is 0.0881. The van der Waals surface area contributed by atoms with Gasteiger partial charge in [-0.25, -0.2) is 8.42 Å². The molecular weight excluding hydrogens is 562 g/mol. The second-order valence-electron chi connectivity index (χ2n) is 11.1. The van der Waals surface area contributed by atoms with Gasteiger partial charge in [-0.15, -0.1) is 0 Å². The van der Waals surface area contributed by atoms with Gasteiger partial charge >= 0.3 is 0 Å². The Morgan fingerprint density at radius 2 is 1.67 bits per heavy atom. The Labute approximate surface area is 256 Å². The zero-order chi connectivity index (χ0) is 31.0. The molecule has 1 atom stereocenters. The van der Waals surface area contributed by atoms with Crippen LogP contribution in [0, 0.1) is 6.92 Å². The number of aryl methyl sites for hydroxylation is 2. The highest BCUT2D eigenvalue weighted by Crippen LogP contribution is 2.29. The van der Waals surface area contributed by atoms with Gasteiger partial charge in [-0.05, 0) is 74.1 Å². The van der Waals surface area contributed by atoms with Gasteiger partial charge in [0.15, 0.2) is 0 Å². The first-order valence-corrected chi connectivity index (χ1v) is 16.5. The lowest BCUT2D eigenvalue weighted by molar-refractivity contribution is -0.140. The number of rotatable bonds is 13. The van der Waals surface area contributed by atoms with Gasteiger partial charge in [0.05, 0.1) is 17.7 Å². The maximum Gasteiger partial charge on any atom is 0.264 e. The normalized spacial score (nSPS) is 14.2. The van der Waals surface area contributed by atoms with Crippen molar-refractivity contribution in [2.24, 2.45) is 0 Å². The number of nitrogens with zero attached hydrogens (tertiary/aromatic N) is 2. The zero-order valence-electron chi connectivity index (χ0n) is 25.6. The van der Waals surface area contributed by atoms with Crippen molar-refractivity contribution in [3.05, 3.63) is 89.5 Å². The van der Waals surface area contributed by atoms with Crippen LogP contribution in [-0.2, 0) is 32.6 Å². The standard InChI is InChI=1S/C34H43N3O5S/c1-5-27-13-7-10-17-32(27)37(43(40,41)30-20-18-25(3)19-21-30)24-33(38)36(23-26-12-11-16-29(22-26)42-4)31(6-2)34(39)35-28-14-8-9-15-28/h7,10-13,16-22,28,31H,5-6,8-9,14-15,23-24H2,1-4H3,(H,35,39). The highest BCUT2D eigenvalue weighted by Gasteiger charge is 2.35. The van der Waals surface area contributed by atoms with Crippen molar-refractivity contribution in [3.8, 4) is 5.75 Å². The van der Waals surface area contributed by atoms with E-state index >= 15 is 0 Å². The number of benzene rings is 3. The van der Waals surface area contributed by atoms with Crippen molar-refractivity contribution in [1.29, 1.82) is 0 Å². The summed E-state index contributed by atoms with van der Waals surface area (Å²) < 4.78 is 34.9. The van der Waals surface area contributed by atoms with E-state index in [9.17, 15) is 18.0 Å². The third-order valence-corrected chi connectivity index (χ3v) is 9.88. The molecule has 3 aromatic carbocycles. The van der Waals surface area contributed by atoms with Crippen molar-refractivity contribution < 1.29 is 22.7 Å². The van der Waals surface area contributed by atoms with Crippen molar-refractivity contribution >= 4 is 27.5 Å². The minimum Gasteiger partial charge on any atom is -0.497 e. The summed E-state index contributed by atoms with van der Waals surface area (Å²) in [6.45, 7) is 5.39. The number of hydrogen-bond donors (Lipinski definition) is 1. The second kappa shape index (κ2) is 14.6. The molecule has 8 nitrogen and oxygen atoms in total. The predicted molar refractivity (Wildman–Crippen MR) is 170 cm³/mol. The van der Waals surface area contributed by atoms with Crippen LogP contribution in [0.2, 0.25) is 0 Å².